The van der Waals surface area contributed by atoms with Crippen molar-refractivity contribution in [3.63, 3.8) is 0 Å². The van der Waals surface area contributed by atoms with Gasteiger partial charge in [0, 0.05) is 37.2 Å². The summed E-state index contributed by atoms with van der Waals surface area (Å²) < 4.78 is 26.1. The largest absolute Gasteiger partial charge is 0.300 e. The van der Waals surface area contributed by atoms with Gasteiger partial charge in [0.25, 0.3) is 0 Å². The predicted molar refractivity (Wildman–Crippen MR) is 68.0 cm³/mol. The summed E-state index contributed by atoms with van der Waals surface area (Å²) in [5.74, 6) is -0.764. The van der Waals surface area contributed by atoms with Gasteiger partial charge in [0.2, 0.25) is 0 Å². The molecule has 3 rings (SSSR count). The Bertz CT molecular complexity index is 483. The second kappa shape index (κ2) is 5.00. The molecule has 2 fully saturated rings. The minimum absolute atomic E-state index is 0.141. The summed E-state index contributed by atoms with van der Waals surface area (Å²) in [5.41, 5.74) is 0.141. The average molecular weight is 265 g/mol. The van der Waals surface area contributed by atoms with Crippen molar-refractivity contribution >= 4 is 5.78 Å². The van der Waals surface area contributed by atoms with Crippen LogP contribution in [0.1, 0.15) is 36.0 Å². The Morgan fingerprint density at radius 2 is 1.95 bits per heavy atom. The molecular formula is C15H17F2NO. The van der Waals surface area contributed by atoms with Crippen molar-refractivity contribution in [3.05, 3.63) is 35.4 Å². The topological polar surface area (TPSA) is 20.3 Å². The maximum Gasteiger partial charge on any atom is 0.164 e. The maximum absolute atomic E-state index is 13.0. The van der Waals surface area contributed by atoms with E-state index in [4.69, 9.17) is 0 Å². The number of hydrogen-bond donors (Lipinski definition) is 0. The lowest BCUT2D eigenvalue weighted by Gasteiger charge is -2.26. The standard InChI is InChI=1S/C15H17F2NO/c16-12-6-11(7-13(17)8-12)15(19)3-4-18-9-10-1-2-14(18)5-10/h6-8,10,14H,1-5,9H2. The normalized spacial score (nSPS) is 26.0. The molecule has 0 N–H and O–H groups in total. The van der Waals surface area contributed by atoms with Crippen LogP contribution in [-0.4, -0.2) is 29.8 Å². The van der Waals surface area contributed by atoms with Crippen molar-refractivity contribution in [1.29, 1.82) is 0 Å². The molecule has 0 radical (unpaired) electrons. The SMILES string of the molecule is O=C(CCN1CC2CCC1C2)c1cc(F)cc(F)c1. The first kappa shape index (κ1) is 12.7. The molecule has 4 heteroatoms. The molecule has 1 aromatic rings. The van der Waals surface area contributed by atoms with E-state index in [0.29, 0.717) is 19.0 Å². The zero-order chi connectivity index (χ0) is 13.4. The summed E-state index contributed by atoms with van der Waals surface area (Å²) >= 11 is 0. The summed E-state index contributed by atoms with van der Waals surface area (Å²) in [6.45, 7) is 1.79. The van der Waals surface area contributed by atoms with E-state index in [9.17, 15) is 13.6 Å². The minimum Gasteiger partial charge on any atom is -0.300 e. The van der Waals surface area contributed by atoms with Gasteiger partial charge in [-0.1, -0.05) is 0 Å². The van der Waals surface area contributed by atoms with Crippen LogP contribution in [-0.2, 0) is 0 Å². The van der Waals surface area contributed by atoms with Crippen LogP contribution in [0.25, 0.3) is 0 Å². The third-order valence-electron chi connectivity index (χ3n) is 4.33. The molecular weight excluding hydrogens is 248 g/mol. The van der Waals surface area contributed by atoms with E-state index in [1.165, 1.54) is 19.3 Å². The molecule has 1 aromatic carbocycles. The fourth-order valence-electron chi connectivity index (χ4n) is 3.40. The summed E-state index contributed by atoms with van der Waals surface area (Å²) in [4.78, 5) is 14.3. The third-order valence-corrected chi connectivity index (χ3v) is 4.33. The van der Waals surface area contributed by atoms with E-state index in [1.807, 2.05) is 0 Å². The molecule has 1 aliphatic carbocycles. The van der Waals surface area contributed by atoms with E-state index in [-0.39, 0.29) is 11.3 Å². The molecule has 0 amide bonds. The van der Waals surface area contributed by atoms with Crippen molar-refractivity contribution < 1.29 is 13.6 Å². The molecule has 1 aliphatic heterocycles. The van der Waals surface area contributed by atoms with Crippen LogP contribution < -0.4 is 0 Å². The highest BCUT2D eigenvalue weighted by Crippen LogP contribution is 2.37. The number of nitrogens with zero attached hydrogens (tertiary/aromatic N) is 1. The zero-order valence-electron chi connectivity index (χ0n) is 10.7. The van der Waals surface area contributed by atoms with E-state index in [2.05, 4.69) is 4.90 Å². The number of hydrogen-bond acceptors (Lipinski definition) is 2. The van der Waals surface area contributed by atoms with Crippen LogP contribution >= 0.6 is 0 Å². The van der Waals surface area contributed by atoms with E-state index < -0.39 is 11.6 Å². The third kappa shape index (κ3) is 2.68. The smallest absolute Gasteiger partial charge is 0.164 e. The molecule has 2 unspecified atom stereocenters. The number of Topliss-reactive ketones (excluding diaryl/α,β-unsaturated/α-hetero) is 1. The van der Waals surface area contributed by atoms with Gasteiger partial charge in [-0.3, -0.25) is 9.69 Å². The first-order valence-corrected chi connectivity index (χ1v) is 6.85. The van der Waals surface area contributed by atoms with Crippen LogP contribution in [0.3, 0.4) is 0 Å². The number of ketones is 1. The maximum atomic E-state index is 13.0. The van der Waals surface area contributed by atoms with Crippen LogP contribution in [0.2, 0.25) is 0 Å². The quantitative estimate of drug-likeness (QED) is 0.780. The molecule has 2 bridgehead atoms. The van der Waals surface area contributed by atoms with Crippen molar-refractivity contribution in [2.24, 2.45) is 5.92 Å². The molecule has 1 saturated carbocycles. The van der Waals surface area contributed by atoms with Crippen molar-refractivity contribution in [3.8, 4) is 0 Å². The van der Waals surface area contributed by atoms with Gasteiger partial charge in [-0.15, -0.1) is 0 Å². The molecule has 1 saturated heterocycles. The molecule has 2 atom stereocenters. The molecule has 1 heterocycles. The van der Waals surface area contributed by atoms with E-state index in [1.54, 1.807) is 0 Å². The highest BCUT2D eigenvalue weighted by Gasteiger charge is 2.37. The average Bonchev–Trinajstić information content (AvgIpc) is 2.96. The number of likely N-dealkylation sites (tertiary alicyclic amines) is 1. The van der Waals surface area contributed by atoms with Crippen molar-refractivity contribution in [1.82, 2.24) is 4.90 Å². The Morgan fingerprint density at radius 1 is 1.21 bits per heavy atom. The number of piperidine rings is 1. The van der Waals surface area contributed by atoms with Gasteiger partial charge in [-0.25, -0.2) is 8.78 Å². The van der Waals surface area contributed by atoms with Crippen LogP contribution in [0.15, 0.2) is 18.2 Å². The van der Waals surface area contributed by atoms with Crippen LogP contribution in [0.5, 0.6) is 0 Å². The number of benzene rings is 1. The lowest BCUT2D eigenvalue weighted by atomic mass is 10.1. The number of fused-ring (bicyclic) bond motifs is 2. The number of halogens is 2. The van der Waals surface area contributed by atoms with Gasteiger partial charge in [-0.05, 0) is 37.3 Å². The van der Waals surface area contributed by atoms with Gasteiger partial charge in [0.15, 0.2) is 5.78 Å². The molecule has 19 heavy (non-hydrogen) atoms. The second-order valence-corrected chi connectivity index (χ2v) is 5.66. The minimum atomic E-state index is -0.691. The van der Waals surface area contributed by atoms with Crippen LogP contribution in [0, 0.1) is 17.6 Å². The molecule has 102 valence electrons. The number of carbonyl (C=O) groups is 1. The lowest BCUT2D eigenvalue weighted by Crippen LogP contribution is -2.33. The highest BCUT2D eigenvalue weighted by molar-refractivity contribution is 5.96. The summed E-state index contributed by atoms with van der Waals surface area (Å²) in [5, 5.41) is 0. The van der Waals surface area contributed by atoms with Gasteiger partial charge < -0.3 is 0 Å². The van der Waals surface area contributed by atoms with Gasteiger partial charge in [-0.2, -0.15) is 0 Å². The Hall–Kier alpha value is -1.29. The molecule has 2 nitrogen and oxygen atoms in total. The summed E-state index contributed by atoms with van der Waals surface area (Å²) in [6, 6.07) is 3.64. The van der Waals surface area contributed by atoms with Gasteiger partial charge in [0.05, 0.1) is 0 Å². The molecule has 0 spiro atoms. The fourth-order valence-corrected chi connectivity index (χ4v) is 3.40. The van der Waals surface area contributed by atoms with Crippen LogP contribution in [0.4, 0.5) is 8.78 Å². The number of rotatable bonds is 4. The highest BCUT2D eigenvalue weighted by atomic mass is 19.1. The number of carbonyl (C=O) groups excluding carboxylic acids is 1. The Balaban J connectivity index is 1.59. The van der Waals surface area contributed by atoms with Crippen molar-refractivity contribution in [2.75, 3.05) is 13.1 Å². The first-order valence-electron chi connectivity index (χ1n) is 6.85. The van der Waals surface area contributed by atoms with Gasteiger partial charge >= 0.3 is 0 Å². The van der Waals surface area contributed by atoms with Gasteiger partial charge in [0.1, 0.15) is 11.6 Å². The van der Waals surface area contributed by atoms with Crippen molar-refractivity contribution in [2.45, 2.75) is 31.7 Å². The summed E-state index contributed by atoms with van der Waals surface area (Å²) in [6.07, 6.45) is 4.13. The molecule has 2 aliphatic rings. The Labute approximate surface area is 111 Å². The fraction of sp³-hybridized carbons (Fsp3) is 0.533. The second-order valence-electron chi connectivity index (χ2n) is 5.66. The molecule has 0 aromatic heterocycles. The Morgan fingerprint density at radius 3 is 2.53 bits per heavy atom. The van der Waals surface area contributed by atoms with E-state index in [0.717, 1.165) is 30.7 Å². The monoisotopic (exact) mass is 265 g/mol. The Kier molecular flexibility index (Phi) is 3.35. The predicted octanol–water partition coefficient (Wildman–Crippen LogP) is 3.02. The van der Waals surface area contributed by atoms with E-state index >= 15 is 0 Å². The lowest BCUT2D eigenvalue weighted by molar-refractivity contribution is 0.0954. The first-order chi connectivity index (χ1) is 9.11. The summed E-state index contributed by atoms with van der Waals surface area (Å²) in [7, 11) is 0. The zero-order valence-corrected chi connectivity index (χ0v) is 10.7.